The summed E-state index contributed by atoms with van der Waals surface area (Å²) in [4.78, 5) is 31.1. The van der Waals surface area contributed by atoms with Crippen LogP contribution >= 0.6 is 23.1 Å². The number of carbonyl (C=O) groups excluding carboxylic acids is 1. The molecule has 0 unspecified atom stereocenters. The molecule has 1 N–H and O–H groups in total. The highest BCUT2D eigenvalue weighted by atomic mass is 32.2. The standard InChI is InChI=1S/C15H19N3O2S2/c1-3-7-16-11(19)8-21-15-17-13-12(14(20)18(15)2)9-5-4-6-10(9)22-13/h3-8H2,1-2H3,(H,16,19). The number of amides is 1. The van der Waals surface area contributed by atoms with Gasteiger partial charge in [-0.3, -0.25) is 14.2 Å². The molecule has 1 amide bonds. The number of aromatic nitrogens is 2. The number of hydrogen-bond donors (Lipinski definition) is 1. The summed E-state index contributed by atoms with van der Waals surface area (Å²) in [5.41, 5.74) is 1.21. The zero-order valence-electron chi connectivity index (χ0n) is 12.8. The van der Waals surface area contributed by atoms with E-state index in [2.05, 4.69) is 10.3 Å². The molecule has 0 spiro atoms. The van der Waals surface area contributed by atoms with Crippen molar-refractivity contribution in [3.05, 3.63) is 20.8 Å². The Morgan fingerprint density at radius 2 is 2.27 bits per heavy atom. The Kier molecular flexibility index (Phi) is 4.54. The molecule has 2 aromatic rings. The highest BCUT2D eigenvalue weighted by Gasteiger charge is 2.22. The van der Waals surface area contributed by atoms with E-state index in [1.54, 1.807) is 23.0 Å². The van der Waals surface area contributed by atoms with Gasteiger partial charge in [0, 0.05) is 18.5 Å². The lowest BCUT2D eigenvalue weighted by molar-refractivity contribution is -0.118. The Morgan fingerprint density at radius 3 is 3.05 bits per heavy atom. The molecule has 0 saturated heterocycles. The Morgan fingerprint density at radius 1 is 1.45 bits per heavy atom. The summed E-state index contributed by atoms with van der Waals surface area (Å²) in [5, 5.41) is 4.24. The predicted octanol–water partition coefficient (Wildman–Crippen LogP) is 2.10. The zero-order valence-corrected chi connectivity index (χ0v) is 14.4. The molecule has 2 aromatic heterocycles. The minimum absolute atomic E-state index is 0.0147. The third kappa shape index (κ3) is 2.79. The molecule has 3 rings (SSSR count). The maximum absolute atomic E-state index is 12.6. The fourth-order valence-electron chi connectivity index (χ4n) is 2.68. The van der Waals surface area contributed by atoms with Crippen LogP contribution in [-0.2, 0) is 24.7 Å². The van der Waals surface area contributed by atoms with Gasteiger partial charge in [-0.25, -0.2) is 4.98 Å². The smallest absolute Gasteiger partial charge is 0.262 e. The van der Waals surface area contributed by atoms with Crippen molar-refractivity contribution in [2.24, 2.45) is 7.05 Å². The fourth-order valence-corrected chi connectivity index (χ4v) is 4.78. The first-order chi connectivity index (χ1) is 10.6. The number of nitrogens with zero attached hydrogens (tertiary/aromatic N) is 2. The van der Waals surface area contributed by atoms with Crippen LogP contribution in [0.2, 0.25) is 0 Å². The molecule has 0 aliphatic heterocycles. The van der Waals surface area contributed by atoms with Gasteiger partial charge in [-0.1, -0.05) is 18.7 Å². The number of thiophene rings is 1. The largest absolute Gasteiger partial charge is 0.355 e. The third-order valence-corrected chi connectivity index (χ3v) is 6.03. The maximum atomic E-state index is 12.6. The first kappa shape index (κ1) is 15.6. The lowest BCUT2D eigenvalue weighted by Crippen LogP contribution is -2.26. The van der Waals surface area contributed by atoms with Gasteiger partial charge in [-0.15, -0.1) is 11.3 Å². The molecule has 0 radical (unpaired) electrons. The van der Waals surface area contributed by atoms with Gasteiger partial charge in [-0.2, -0.15) is 0 Å². The molecule has 1 aliphatic carbocycles. The van der Waals surface area contributed by atoms with Gasteiger partial charge in [0.05, 0.1) is 11.1 Å². The van der Waals surface area contributed by atoms with Crippen molar-refractivity contribution in [3.63, 3.8) is 0 Å². The van der Waals surface area contributed by atoms with Crippen LogP contribution in [0.1, 0.15) is 30.2 Å². The number of thioether (sulfide) groups is 1. The lowest BCUT2D eigenvalue weighted by atomic mass is 10.2. The summed E-state index contributed by atoms with van der Waals surface area (Å²) in [5.74, 6) is 0.270. The van der Waals surface area contributed by atoms with Crippen LogP contribution in [0, 0.1) is 0 Å². The molecule has 2 heterocycles. The molecular formula is C15H19N3O2S2. The SMILES string of the molecule is CCCNC(=O)CSc1nc2sc3c(c2c(=O)n1C)CCC3. The number of rotatable bonds is 5. The van der Waals surface area contributed by atoms with E-state index in [1.165, 1.54) is 22.2 Å². The summed E-state index contributed by atoms with van der Waals surface area (Å²) < 4.78 is 1.57. The molecule has 0 bridgehead atoms. The van der Waals surface area contributed by atoms with Crippen LogP contribution < -0.4 is 10.9 Å². The predicted molar refractivity (Wildman–Crippen MR) is 90.9 cm³/mol. The van der Waals surface area contributed by atoms with E-state index in [-0.39, 0.29) is 17.2 Å². The molecule has 5 nitrogen and oxygen atoms in total. The molecule has 0 aromatic carbocycles. The van der Waals surface area contributed by atoms with Crippen molar-refractivity contribution in [1.82, 2.24) is 14.9 Å². The normalized spacial score (nSPS) is 13.5. The Balaban J connectivity index is 1.87. The van der Waals surface area contributed by atoms with Crippen molar-refractivity contribution in [3.8, 4) is 0 Å². The number of fused-ring (bicyclic) bond motifs is 3. The van der Waals surface area contributed by atoms with Crippen molar-refractivity contribution in [2.75, 3.05) is 12.3 Å². The third-order valence-electron chi connectivity index (χ3n) is 3.81. The fraction of sp³-hybridized carbons (Fsp3) is 0.533. The molecule has 0 saturated carbocycles. The minimum Gasteiger partial charge on any atom is -0.355 e. The Bertz CT molecular complexity index is 779. The molecule has 118 valence electrons. The van der Waals surface area contributed by atoms with Gasteiger partial charge in [0.2, 0.25) is 5.91 Å². The van der Waals surface area contributed by atoms with E-state index in [4.69, 9.17) is 0 Å². The van der Waals surface area contributed by atoms with Gasteiger partial charge in [0.25, 0.3) is 5.56 Å². The molecular weight excluding hydrogens is 318 g/mol. The second-order valence-electron chi connectivity index (χ2n) is 5.43. The van der Waals surface area contributed by atoms with Crippen LogP contribution in [0.25, 0.3) is 10.2 Å². The quantitative estimate of drug-likeness (QED) is 0.670. The number of aryl methyl sites for hydroxylation is 2. The summed E-state index contributed by atoms with van der Waals surface area (Å²) in [7, 11) is 1.74. The average Bonchev–Trinajstić information content (AvgIpc) is 3.07. The number of hydrogen-bond acceptors (Lipinski definition) is 5. The molecule has 0 atom stereocenters. The summed E-state index contributed by atoms with van der Waals surface area (Å²) in [6.07, 6.45) is 4.09. The van der Waals surface area contributed by atoms with Gasteiger partial charge < -0.3 is 5.32 Å². The molecule has 0 fully saturated rings. The number of nitrogens with one attached hydrogen (secondary N) is 1. The highest BCUT2D eigenvalue weighted by Crippen LogP contribution is 2.35. The lowest BCUT2D eigenvalue weighted by Gasteiger charge is -2.07. The Hall–Kier alpha value is -1.34. The first-order valence-electron chi connectivity index (χ1n) is 7.52. The average molecular weight is 337 g/mol. The van der Waals surface area contributed by atoms with E-state index in [0.717, 1.165) is 35.9 Å². The summed E-state index contributed by atoms with van der Waals surface area (Å²) >= 11 is 2.96. The van der Waals surface area contributed by atoms with Crippen LogP contribution in [0.3, 0.4) is 0 Å². The van der Waals surface area contributed by atoms with Gasteiger partial charge in [-0.05, 0) is 31.2 Å². The van der Waals surface area contributed by atoms with Gasteiger partial charge in [0.15, 0.2) is 5.16 Å². The molecule has 7 heteroatoms. The monoisotopic (exact) mass is 337 g/mol. The molecule has 22 heavy (non-hydrogen) atoms. The topological polar surface area (TPSA) is 64.0 Å². The van der Waals surface area contributed by atoms with Crippen LogP contribution in [-0.4, -0.2) is 27.8 Å². The van der Waals surface area contributed by atoms with Crippen molar-refractivity contribution in [1.29, 1.82) is 0 Å². The van der Waals surface area contributed by atoms with Crippen molar-refractivity contribution < 1.29 is 4.79 Å². The van der Waals surface area contributed by atoms with E-state index in [9.17, 15) is 9.59 Å². The Labute approximate surface area is 137 Å². The van der Waals surface area contributed by atoms with E-state index >= 15 is 0 Å². The van der Waals surface area contributed by atoms with Crippen LogP contribution in [0.4, 0.5) is 0 Å². The summed E-state index contributed by atoms with van der Waals surface area (Å²) in [6.45, 7) is 2.70. The zero-order chi connectivity index (χ0) is 15.7. The second kappa shape index (κ2) is 6.42. The van der Waals surface area contributed by atoms with Crippen molar-refractivity contribution >= 4 is 39.2 Å². The molecule has 1 aliphatic rings. The first-order valence-corrected chi connectivity index (χ1v) is 9.32. The van der Waals surface area contributed by atoms with E-state index in [1.807, 2.05) is 6.92 Å². The van der Waals surface area contributed by atoms with Crippen molar-refractivity contribution in [2.45, 2.75) is 37.8 Å². The number of carbonyl (C=O) groups is 1. The minimum atomic E-state index is -0.0186. The second-order valence-corrected chi connectivity index (χ2v) is 7.46. The summed E-state index contributed by atoms with van der Waals surface area (Å²) in [6, 6.07) is 0. The van der Waals surface area contributed by atoms with Gasteiger partial charge in [0.1, 0.15) is 4.83 Å². The van der Waals surface area contributed by atoms with Gasteiger partial charge >= 0.3 is 0 Å². The maximum Gasteiger partial charge on any atom is 0.262 e. The highest BCUT2D eigenvalue weighted by molar-refractivity contribution is 7.99. The van der Waals surface area contributed by atoms with Crippen LogP contribution in [0.15, 0.2) is 9.95 Å². The van der Waals surface area contributed by atoms with E-state index < -0.39 is 0 Å². The van der Waals surface area contributed by atoms with E-state index in [0.29, 0.717) is 11.7 Å². The van der Waals surface area contributed by atoms with Crippen LogP contribution in [0.5, 0.6) is 0 Å².